The molecular formula is C32H44N6O4. The number of phenols is 1. The molecule has 2 amide bonds. The summed E-state index contributed by atoms with van der Waals surface area (Å²) in [6, 6.07) is 15.7. The van der Waals surface area contributed by atoms with E-state index in [2.05, 4.69) is 36.3 Å². The molecule has 0 radical (unpaired) electrons. The maximum atomic E-state index is 13.8. The van der Waals surface area contributed by atoms with Crippen LogP contribution in [0.3, 0.4) is 0 Å². The van der Waals surface area contributed by atoms with E-state index in [-0.39, 0.29) is 36.1 Å². The van der Waals surface area contributed by atoms with E-state index >= 15 is 0 Å². The van der Waals surface area contributed by atoms with Gasteiger partial charge in [-0.3, -0.25) is 10.3 Å². The van der Waals surface area contributed by atoms with Crippen LogP contribution in [0.25, 0.3) is 0 Å². The Labute approximate surface area is 249 Å². The first-order valence-corrected chi connectivity index (χ1v) is 14.6. The maximum absolute atomic E-state index is 13.8. The number of carbonyl (C=O) groups excluding carboxylic acids is 1. The Morgan fingerprint density at radius 2 is 1.76 bits per heavy atom. The van der Waals surface area contributed by atoms with Gasteiger partial charge in [0.1, 0.15) is 17.3 Å². The Morgan fingerprint density at radius 1 is 1.05 bits per heavy atom. The topological polar surface area (TPSA) is 123 Å². The van der Waals surface area contributed by atoms with Crippen LogP contribution in [0.15, 0.2) is 54.6 Å². The Kier molecular flexibility index (Phi) is 11.8. The number of hydrogen-bond donors (Lipinski definition) is 4. The smallest absolute Gasteiger partial charge is 0.326 e. The Bertz CT molecular complexity index is 1330. The molecule has 0 saturated heterocycles. The van der Waals surface area contributed by atoms with Gasteiger partial charge in [0.25, 0.3) is 0 Å². The molecule has 2 aromatic carbocycles. The zero-order valence-corrected chi connectivity index (χ0v) is 25.5. The Morgan fingerprint density at radius 3 is 2.38 bits per heavy atom. The molecule has 0 unspecified atom stereocenters. The molecule has 10 heteroatoms. The van der Waals surface area contributed by atoms with Crippen molar-refractivity contribution in [3.63, 3.8) is 0 Å². The minimum atomic E-state index is -0.373. The van der Waals surface area contributed by atoms with E-state index in [1.165, 1.54) is 11.0 Å². The molecule has 0 bridgehead atoms. The number of aryl methyl sites for hydroxylation is 1. The Balaban J connectivity index is 2.11. The van der Waals surface area contributed by atoms with Gasteiger partial charge < -0.3 is 30.1 Å². The molecule has 0 atom stereocenters. The largest absolute Gasteiger partial charge is 0.506 e. The number of nitrogens with one attached hydrogen (secondary N) is 3. The molecule has 0 aliphatic heterocycles. The highest BCUT2D eigenvalue weighted by Gasteiger charge is 2.27. The molecule has 1 heterocycles. The highest BCUT2D eigenvalue weighted by atomic mass is 16.5. The first-order chi connectivity index (χ1) is 20.2. The molecule has 0 fully saturated rings. The maximum Gasteiger partial charge on any atom is 0.326 e. The van der Waals surface area contributed by atoms with Gasteiger partial charge in [-0.05, 0) is 57.5 Å². The quantitative estimate of drug-likeness (QED) is 0.0533. The van der Waals surface area contributed by atoms with Crippen molar-refractivity contribution in [3.05, 3.63) is 60.3 Å². The number of unbranched alkanes of at least 4 members (excludes halogenated alkanes) is 1. The summed E-state index contributed by atoms with van der Waals surface area (Å²) >= 11 is 0. The number of para-hydroxylation sites is 1. The van der Waals surface area contributed by atoms with Gasteiger partial charge in [-0.2, -0.15) is 0 Å². The third-order valence-corrected chi connectivity index (χ3v) is 6.69. The lowest BCUT2D eigenvalue weighted by atomic mass is 10.1. The van der Waals surface area contributed by atoms with Crippen LogP contribution in [0.4, 0.5) is 27.7 Å². The van der Waals surface area contributed by atoms with Gasteiger partial charge in [0, 0.05) is 31.6 Å². The number of pyridine rings is 1. The van der Waals surface area contributed by atoms with E-state index in [0.717, 1.165) is 31.7 Å². The summed E-state index contributed by atoms with van der Waals surface area (Å²) in [5.74, 6) is 1.33. The number of amides is 2. The molecule has 3 rings (SSSR count). The second kappa shape index (κ2) is 15.5. The first kappa shape index (κ1) is 32.0. The van der Waals surface area contributed by atoms with Crippen molar-refractivity contribution in [2.75, 3.05) is 41.5 Å². The average Bonchev–Trinajstić information content (AvgIpc) is 2.97. The van der Waals surface area contributed by atoms with Crippen molar-refractivity contribution in [1.82, 2.24) is 10.3 Å². The first-order valence-electron chi connectivity index (χ1n) is 14.6. The van der Waals surface area contributed by atoms with Gasteiger partial charge >= 0.3 is 6.03 Å². The van der Waals surface area contributed by atoms with Gasteiger partial charge in [-0.25, -0.2) is 9.78 Å². The molecular weight excluding hydrogens is 532 g/mol. The third kappa shape index (κ3) is 8.28. The lowest BCUT2D eigenvalue weighted by Gasteiger charge is -2.29. The van der Waals surface area contributed by atoms with Gasteiger partial charge in [0.2, 0.25) is 0 Å². The van der Waals surface area contributed by atoms with Crippen molar-refractivity contribution in [1.29, 1.82) is 5.41 Å². The van der Waals surface area contributed by atoms with E-state index in [9.17, 15) is 9.90 Å². The number of anilines is 4. The van der Waals surface area contributed by atoms with Crippen LogP contribution in [-0.4, -0.2) is 48.4 Å². The van der Waals surface area contributed by atoms with Crippen LogP contribution in [0, 0.1) is 18.3 Å². The summed E-state index contributed by atoms with van der Waals surface area (Å²) in [7, 11) is 0. The van der Waals surface area contributed by atoms with Crippen LogP contribution in [0.5, 0.6) is 17.2 Å². The van der Waals surface area contributed by atoms with Crippen LogP contribution in [-0.2, 0) is 0 Å². The summed E-state index contributed by atoms with van der Waals surface area (Å²) in [6.07, 6.45) is 1.74. The van der Waals surface area contributed by atoms with Gasteiger partial charge in [0.15, 0.2) is 18.4 Å². The summed E-state index contributed by atoms with van der Waals surface area (Å²) in [5, 5.41) is 25.4. The number of aromatic nitrogens is 1. The zero-order chi connectivity index (χ0) is 30.6. The molecule has 0 aliphatic carbocycles. The number of nitrogens with zero attached hydrogens (tertiary/aromatic N) is 3. The number of carbonyl (C=O) groups is 1. The molecule has 0 spiro atoms. The molecule has 4 N–H and O–H groups in total. The summed E-state index contributed by atoms with van der Waals surface area (Å²) in [4.78, 5) is 22.3. The fraction of sp³-hybridized carbons (Fsp3) is 0.406. The number of hydrogen-bond acceptors (Lipinski definition) is 8. The van der Waals surface area contributed by atoms with Crippen LogP contribution in [0.1, 0.15) is 53.2 Å². The van der Waals surface area contributed by atoms with E-state index in [0.29, 0.717) is 35.1 Å². The predicted molar refractivity (Wildman–Crippen MR) is 170 cm³/mol. The summed E-state index contributed by atoms with van der Waals surface area (Å²) in [6.45, 7) is 13.9. The van der Waals surface area contributed by atoms with E-state index < -0.39 is 0 Å². The molecule has 42 heavy (non-hydrogen) atoms. The average molecular weight is 577 g/mol. The predicted octanol–water partition coefficient (Wildman–Crippen LogP) is 7.05. The minimum absolute atomic E-state index is 0.00170. The van der Waals surface area contributed by atoms with E-state index in [1.54, 1.807) is 6.07 Å². The van der Waals surface area contributed by atoms with Crippen molar-refractivity contribution in [2.45, 2.75) is 54.4 Å². The standard InChI is InChI=1S/C32H44N6O4/c1-7-10-18-34-32(40)38(26-16-17-30(36-23(26)6)37(8-2)9-3)27-19-25(35-21-41-24-14-12-11-13-15-24)28(39)20-29(27)42-31(33)22(4)5/h11-17,19-20,22,33,35,39H,7-10,18,21H2,1-6H3,(H,34,40). The number of rotatable bonds is 14. The molecule has 3 aromatic rings. The molecule has 10 nitrogen and oxygen atoms in total. The highest BCUT2D eigenvalue weighted by Crippen LogP contribution is 2.42. The van der Waals surface area contributed by atoms with Crippen LogP contribution >= 0.6 is 0 Å². The number of benzene rings is 2. The molecule has 1 aromatic heterocycles. The van der Waals surface area contributed by atoms with Crippen molar-refractivity contribution in [3.8, 4) is 17.2 Å². The second-order valence-electron chi connectivity index (χ2n) is 10.1. The summed E-state index contributed by atoms with van der Waals surface area (Å²) in [5.41, 5.74) is 1.87. The number of phenolic OH excluding ortho intramolecular Hbond substituents is 1. The number of ether oxygens (including phenoxy) is 2. The fourth-order valence-electron chi connectivity index (χ4n) is 4.21. The lowest BCUT2D eigenvalue weighted by molar-refractivity contribution is 0.248. The Hall–Kier alpha value is -4.47. The van der Waals surface area contributed by atoms with E-state index in [4.69, 9.17) is 19.9 Å². The number of urea groups is 1. The lowest BCUT2D eigenvalue weighted by Crippen LogP contribution is -2.38. The van der Waals surface area contributed by atoms with Crippen molar-refractivity contribution < 1.29 is 19.4 Å². The SMILES string of the molecule is CCCCNC(=O)N(c1cc(NCOc2ccccc2)c(O)cc1OC(=N)C(C)C)c1ccc(N(CC)CC)nc1C. The second-order valence-corrected chi connectivity index (χ2v) is 10.1. The zero-order valence-electron chi connectivity index (χ0n) is 25.5. The molecule has 0 saturated carbocycles. The van der Waals surface area contributed by atoms with Crippen LogP contribution in [0.2, 0.25) is 0 Å². The normalized spacial score (nSPS) is 10.7. The van der Waals surface area contributed by atoms with Crippen molar-refractivity contribution in [2.24, 2.45) is 5.92 Å². The number of aromatic hydroxyl groups is 1. The monoisotopic (exact) mass is 576 g/mol. The molecule has 0 aliphatic rings. The highest BCUT2D eigenvalue weighted by molar-refractivity contribution is 6.02. The fourth-order valence-corrected chi connectivity index (χ4v) is 4.21. The van der Waals surface area contributed by atoms with Gasteiger partial charge in [-0.1, -0.05) is 45.4 Å². The van der Waals surface area contributed by atoms with E-state index in [1.807, 2.05) is 63.2 Å². The third-order valence-electron chi connectivity index (χ3n) is 6.69. The summed E-state index contributed by atoms with van der Waals surface area (Å²) < 4.78 is 11.7. The molecule has 226 valence electrons. The van der Waals surface area contributed by atoms with Crippen LogP contribution < -0.4 is 29.9 Å². The van der Waals surface area contributed by atoms with Gasteiger partial charge in [0.05, 0.1) is 22.8 Å². The van der Waals surface area contributed by atoms with Crippen molar-refractivity contribution >= 4 is 34.8 Å². The minimum Gasteiger partial charge on any atom is -0.506 e. The van der Waals surface area contributed by atoms with Gasteiger partial charge in [-0.15, -0.1) is 0 Å².